The molecule has 0 saturated heterocycles. The molecule has 0 aromatic rings. The number of carbonyl (C=O) groups excluding carboxylic acids is 2. The van der Waals surface area contributed by atoms with Crippen molar-refractivity contribution in [1.29, 1.82) is 0 Å². The zero-order chi connectivity index (χ0) is 15.9. The number of hydrogen-bond acceptors (Lipinski definition) is 4. The maximum Gasteiger partial charge on any atom is 0.324 e. The Morgan fingerprint density at radius 2 is 1.62 bits per heavy atom. The summed E-state index contributed by atoms with van der Waals surface area (Å²) < 4.78 is 10.4. The highest BCUT2D eigenvalue weighted by Gasteiger charge is 2.59. The molecular weight excluding hydrogens is 268 g/mol. The number of carbonyl (C=O) groups is 2. The molecule has 0 heterocycles. The predicted octanol–water partition coefficient (Wildman–Crippen LogP) is 3.41. The van der Waals surface area contributed by atoms with Gasteiger partial charge in [0.05, 0.1) is 13.2 Å². The molecule has 0 aromatic heterocycles. The number of rotatable bonds is 6. The summed E-state index contributed by atoms with van der Waals surface area (Å²) in [7, 11) is 0. The lowest BCUT2D eigenvalue weighted by Gasteiger charge is -2.45. The molecule has 0 spiro atoms. The van der Waals surface area contributed by atoms with Crippen molar-refractivity contribution < 1.29 is 19.1 Å². The van der Waals surface area contributed by atoms with Gasteiger partial charge in [0.2, 0.25) is 0 Å². The van der Waals surface area contributed by atoms with E-state index in [1.165, 1.54) is 0 Å². The molecule has 1 rings (SSSR count). The first-order chi connectivity index (χ1) is 9.98. The average molecular weight is 294 g/mol. The van der Waals surface area contributed by atoms with Crippen LogP contribution in [-0.4, -0.2) is 25.2 Å². The standard InChI is InChI=1S/C17H26O4/c1-5-11-17(12-9-8-10-13-17)16(4,14(18)20-6-2)15(19)21-7-3/h11H,1,6-10,12-13H2,2-4H3. The molecule has 0 unspecified atom stereocenters. The van der Waals surface area contributed by atoms with Gasteiger partial charge in [-0.2, -0.15) is 0 Å². The lowest BCUT2D eigenvalue weighted by atomic mass is 9.57. The molecule has 0 N–H and O–H groups in total. The maximum absolute atomic E-state index is 12.6. The van der Waals surface area contributed by atoms with Gasteiger partial charge in [-0.15, -0.1) is 5.73 Å². The van der Waals surface area contributed by atoms with Crippen LogP contribution >= 0.6 is 0 Å². The van der Waals surface area contributed by atoms with Crippen molar-refractivity contribution in [3.05, 3.63) is 18.4 Å². The highest BCUT2D eigenvalue weighted by atomic mass is 16.6. The SMILES string of the molecule is C=C=CC1(C(C)(C(=O)OCC)C(=O)OCC)CCCCC1. The van der Waals surface area contributed by atoms with E-state index in [4.69, 9.17) is 9.47 Å². The van der Waals surface area contributed by atoms with Crippen LogP contribution in [0.25, 0.3) is 0 Å². The monoisotopic (exact) mass is 294 g/mol. The Bertz CT molecular complexity index is 408. The minimum atomic E-state index is -1.34. The molecule has 4 nitrogen and oxygen atoms in total. The maximum atomic E-state index is 12.6. The van der Waals surface area contributed by atoms with Crippen LogP contribution in [0.3, 0.4) is 0 Å². The number of ether oxygens (including phenoxy) is 2. The summed E-state index contributed by atoms with van der Waals surface area (Å²) in [5.74, 6) is -1.03. The van der Waals surface area contributed by atoms with Crippen molar-refractivity contribution in [2.45, 2.75) is 52.9 Å². The normalized spacial score (nSPS) is 17.5. The third kappa shape index (κ3) is 3.21. The van der Waals surface area contributed by atoms with Crippen molar-refractivity contribution in [3.8, 4) is 0 Å². The molecule has 21 heavy (non-hydrogen) atoms. The van der Waals surface area contributed by atoms with Crippen molar-refractivity contribution >= 4 is 11.9 Å². The third-order valence-electron chi connectivity index (χ3n) is 4.49. The Morgan fingerprint density at radius 1 is 1.14 bits per heavy atom. The van der Waals surface area contributed by atoms with Crippen molar-refractivity contribution in [2.24, 2.45) is 10.8 Å². The fraction of sp³-hybridized carbons (Fsp3) is 0.706. The van der Waals surface area contributed by atoms with Crippen LogP contribution in [0.1, 0.15) is 52.9 Å². The summed E-state index contributed by atoms with van der Waals surface area (Å²) in [6.07, 6.45) is 6.29. The highest BCUT2D eigenvalue weighted by Crippen LogP contribution is 2.52. The quantitative estimate of drug-likeness (QED) is 0.428. The van der Waals surface area contributed by atoms with Gasteiger partial charge in [-0.25, -0.2) is 0 Å². The van der Waals surface area contributed by atoms with E-state index < -0.39 is 22.8 Å². The van der Waals surface area contributed by atoms with Crippen LogP contribution < -0.4 is 0 Å². The molecule has 0 atom stereocenters. The van der Waals surface area contributed by atoms with Crippen LogP contribution in [0.2, 0.25) is 0 Å². The number of hydrogen-bond donors (Lipinski definition) is 0. The van der Waals surface area contributed by atoms with Gasteiger partial charge in [0, 0.05) is 5.41 Å². The summed E-state index contributed by atoms with van der Waals surface area (Å²) in [5.41, 5.74) is 0.825. The Labute approximate surface area is 127 Å². The van der Waals surface area contributed by atoms with E-state index in [0.29, 0.717) is 0 Å². The van der Waals surface area contributed by atoms with Gasteiger partial charge < -0.3 is 9.47 Å². The molecule has 118 valence electrons. The second-order valence-electron chi connectivity index (χ2n) is 5.63. The Balaban J connectivity index is 3.33. The van der Waals surface area contributed by atoms with Crippen molar-refractivity contribution in [2.75, 3.05) is 13.2 Å². The van der Waals surface area contributed by atoms with Gasteiger partial charge in [0.1, 0.15) is 0 Å². The molecular formula is C17H26O4. The minimum Gasteiger partial charge on any atom is -0.465 e. The first-order valence-corrected chi connectivity index (χ1v) is 7.70. The van der Waals surface area contributed by atoms with E-state index in [9.17, 15) is 9.59 Å². The van der Waals surface area contributed by atoms with E-state index in [1.807, 2.05) is 0 Å². The molecule has 0 aliphatic heterocycles. The van der Waals surface area contributed by atoms with Crippen LogP contribution in [0, 0.1) is 10.8 Å². The molecule has 1 aliphatic rings. The molecule has 1 aliphatic carbocycles. The zero-order valence-electron chi connectivity index (χ0n) is 13.4. The molecule has 0 bridgehead atoms. The Hall–Kier alpha value is -1.54. The van der Waals surface area contributed by atoms with E-state index in [0.717, 1.165) is 32.1 Å². The fourth-order valence-electron chi connectivity index (χ4n) is 3.21. The lowest BCUT2D eigenvalue weighted by molar-refractivity contribution is -0.181. The van der Waals surface area contributed by atoms with Gasteiger partial charge in [-0.05, 0) is 39.7 Å². The predicted molar refractivity (Wildman–Crippen MR) is 80.6 cm³/mol. The fourth-order valence-corrected chi connectivity index (χ4v) is 3.21. The Morgan fingerprint density at radius 3 is 2.00 bits per heavy atom. The zero-order valence-corrected chi connectivity index (χ0v) is 13.4. The lowest BCUT2D eigenvalue weighted by Crippen LogP contribution is -2.52. The van der Waals surface area contributed by atoms with Crippen LogP contribution in [-0.2, 0) is 19.1 Å². The van der Waals surface area contributed by atoms with E-state index >= 15 is 0 Å². The van der Waals surface area contributed by atoms with E-state index in [2.05, 4.69) is 12.3 Å². The van der Waals surface area contributed by atoms with Crippen LogP contribution in [0.4, 0.5) is 0 Å². The third-order valence-corrected chi connectivity index (χ3v) is 4.49. The first-order valence-electron chi connectivity index (χ1n) is 7.70. The summed E-state index contributed by atoms with van der Waals surface area (Å²) in [5, 5.41) is 0. The molecule has 0 aromatic carbocycles. The largest absolute Gasteiger partial charge is 0.465 e. The average Bonchev–Trinajstić information content (AvgIpc) is 2.48. The molecule has 0 radical (unpaired) electrons. The molecule has 4 heteroatoms. The van der Waals surface area contributed by atoms with Gasteiger partial charge in [0.15, 0.2) is 5.41 Å². The summed E-state index contributed by atoms with van der Waals surface area (Å²) >= 11 is 0. The number of esters is 2. The van der Waals surface area contributed by atoms with Gasteiger partial charge in [-0.3, -0.25) is 9.59 Å². The second kappa shape index (κ2) is 7.46. The van der Waals surface area contributed by atoms with Crippen LogP contribution in [0.15, 0.2) is 18.4 Å². The van der Waals surface area contributed by atoms with Crippen molar-refractivity contribution in [1.82, 2.24) is 0 Å². The van der Waals surface area contributed by atoms with Gasteiger partial charge in [0.25, 0.3) is 0 Å². The van der Waals surface area contributed by atoms with E-state index in [1.54, 1.807) is 26.8 Å². The van der Waals surface area contributed by atoms with Crippen LogP contribution in [0.5, 0.6) is 0 Å². The first kappa shape index (κ1) is 17.5. The van der Waals surface area contributed by atoms with E-state index in [-0.39, 0.29) is 13.2 Å². The number of allylic oxidation sites excluding steroid dienone is 1. The summed E-state index contributed by atoms with van der Waals surface area (Å²) in [6, 6.07) is 0. The van der Waals surface area contributed by atoms with Gasteiger partial charge in [-0.1, -0.05) is 25.8 Å². The van der Waals surface area contributed by atoms with Crippen molar-refractivity contribution in [3.63, 3.8) is 0 Å². The highest BCUT2D eigenvalue weighted by molar-refractivity contribution is 6.01. The smallest absolute Gasteiger partial charge is 0.324 e. The molecule has 1 saturated carbocycles. The summed E-state index contributed by atoms with van der Waals surface area (Å²) in [4.78, 5) is 25.1. The Kier molecular flexibility index (Phi) is 6.22. The second-order valence-corrected chi connectivity index (χ2v) is 5.63. The molecule has 1 fully saturated rings. The summed E-state index contributed by atoms with van der Waals surface area (Å²) in [6.45, 7) is 9.23. The molecule has 0 amide bonds. The minimum absolute atomic E-state index is 0.238. The topological polar surface area (TPSA) is 52.6 Å². The van der Waals surface area contributed by atoms with Gasteiger partial charge >= 0.3 is 11.9 Å².